The van der Waals surface area contributed by atoms with Gasteiger partial charge in [0.25, 0.3) is 0 Å². The van der Waals surface area contributed by atoms with Gasteiger partial charge in [-0.1, -0.05) is 135 Å². The molecule has 4 nitrogen and oxygen atoms in total. The van der Waals surface area contributed by atoms with E-state index in [1.807, 2.05) is 0 Å². The van der Waals surface area contributed by atoms with Crippen LogP contribution in [0.25, 0.3) is 0 Å². The van der Waals surface area contributed by atoms with Gasteiger partial charge in [0.1, 0.15) is 0 Å². The van der Waals surface area contributed by atoms with Gasteiger partial charge >= 0.3 is 11.9 Å². The molecular weight excluding hydrogens is 580 g/mol. The fourth-order valence-electron chi connectivity index (χ4n) is 3.48. The SMILES string of the molecule is CCC=CCC=CCC=CCC=CCC=CCCCC(=O)O.CCC=CCC=CCC=CCC=CCC=CCCCC(=O)O.Cl. The van der Waals surface area contributed by atoms with E-state index in [9.17, 15) is 9.59 Å². The number of rotatable bonds is 26. The van der Waals surface area contributed by atoms with Gasteiger partial charge in [0.05, 0.1) is 0 Å². The van der Waals surface area contributed by atoms with Gasteiger partial charge in [0, 0.05) is 12.8 Å². The molecule has 0 aliphatic rings. The summed E-state index contributed by atoms with van der Waals surface area (Å²) >= 11 is 0. The second kappa shape index (κ2) is 42.8. The molecule has 252 valence electrons. The molecule has 0 atom stereocenters. The lowest BCUT2D eigenvalue weighted by Crippen LogP contribution is -1.92. The van der Waals surface area contributed by atoms with Crippen molar-refractivity contribution in [3.63, 3.8) is 0 Å². The van der Waals surface area contributed by atoms with Gasteiger partial charge in [0.15, 0.2) is 0 Å². The van der Waals surface area contributed by atoms with Crippen molar-refractivity contribution in [1.29, 1.82) is 0 Å². The minimum Gasteiger partial charge on any atom is -0.481 e. The predicted octanol–water partition coefficient (Wildman–Crippen LogP) is 12.4. The minimum absolute atomic E-state index is 0. The van der Waals surface area contributed by atoms with Crippen LogP contribution in [0.15, 0.2) is 122 Å². The Hall–Kier alpha value is -3.37. The highest BCUT2D eigenvalue weighted by molar-refractivity contribution is 5.85. The molecule has 0 aromatic rings. The standard InChI is InChI=1S/2C20H30O2.ClH/c2*1-2-3-4-5-6-7-8-9-10-11-12-13-14-15-16-17-18-19-20(21)22;/h2*3-4,6-7,9-10,12-13,15-16H,2,5,8,11,14,17-19H2,1H3,(H,21,22);1H. The van der Waals surface area contributed by atoms with Crippen LogP contribution in [0.5, 0.6) is 0 Å². The Morgan fingerprint density at radius 3 is 0.778 bits per heavy atom. The molecule has 0 rings (SSSR count). The molecule has 45 heavy (non-hydrogen) atoms. The molecule has 2 N–H and O–H groups in total. The van der Waals surface area contributed by atoms with Crippen LogP contribution in [0, 0.1) is 0 Å². The summed E-state index contributed by atoms with van der Waals surface area (Å²) in [5.74, 6) is -1.43. The second-order valence-corrected chi connectivity index (χ2v) is 9.99. The average Bonchev–Trinajstić information content (AvgIpc) is 3.00. The lowest BCUT2D eigenvalue weighted by Gasteiger charge is -1.89. The van der Waals surface area contributed by atoms with E-state index in [0.29, 0.717) is 0 Å². The van der Waals surface area contributed by atoms with E-state index in [1.165, 1.54) is 0 Å². The van der Waals surface area contributed by atoms with E-state index in [4.69, 9.17) is 10.2 Å². The Kier molecular flexibility index (Phi) is 43.8. The molecule has 0 radical (unpaired) electrons. The summed E-state index contributed by atoms with van der Waals surface area (Å²) in [6, 6.07) is 0. The van der Waals surface area contributed by atoms with Crippen molar-refractivity contribution in [2.24, 2.45) is 0 Å². The number of hydrogen-bond acceptors (Lipinski definition) is 2. The average molecular weight is 641 g/mol. The maximum Gasteiger partial charge on any atom is 0.303 e. The number of unbranched alkanes of at least 4 members (excludes halogenated alkanes) is 2. The van der Waals surface area contributed by atoms with E-state index < -0.39 is 11.9 Å². The minimum atomic E-state index is -0.715. The molecule has 0 aromatic heterocycles. The largest absolute Gasteiger partial charge is 0.481 e. The summed E-state index contributed by atoms with van der Waals surface area (Å²) in [7, 11) is 0. The molecule has 0 heterocycles. The Morgan fingerprint density at radius 1 is 0.378 bits per heavy atom. The van der Waals surface area contributed by atoms with Crippen LogP contribution in [0.1, 0.15) is 117 Å². The van der Waals surface area contributed by atoms with Gasteiger partial charge in [-0.3, -0.25) is 9.59 Å². The van der Waals surface area contributed by atoms with Crippen LogP contribution in [-0.4, -0.2) is 22.2 Å². The normalized spacial score (nSPS) is 12.5. The van der Waals surface area contributed by atoms with Gasteiger partial charge in [-0.15, -0.1) is 12.4 Å². The molecule has 0 saturated carbocycles. The second-order valence-electron chi connectivity index (χ2n) is 9.99. The van der Waals surface area contributed by atoms with Crippen molar-refractivity contribution in [3.8, 4) is 0 Å². The maximum atomic E-state index is 10.3. The van der Waals surface area contributed by atoms with Crippen LogP contribution in [0.4, 0.5) is 0 Å². The molecule has 0 fully saturated rings. The third-order valence-corrected chi connectivity index (χ3v) is 5.84. The zero-order valence-corrected chi connectivity index (χ0v) is 28.8. The molecule has 0 spiro atoms. The van der Waals surface area contributed by atoms with Crippen LogP contribution in [0.3, 0.4) is 0 Å². The van der Waals surface area contributed by atoms with Gasteiger partial charge in [-0.25, -0.2) is 0 Å². The number of hydrogen-bond donors (Lipinski definition) is 2. The van der Waals surface area contributed by atoms with Crippen LogP contribution in [0.2, 0.25) is 0 Å². The molecule has 0 saturated heterocycles. The molecule has 0 amide bonds. The highest BCUT2D eigenvalue weighted by atomic mass is 35.5. The van der Waals surface area contributed by atoms with Crippen molar-refractivity contribution in [1.82, 2.24) is 0 Å². The van der Waals surface area contributed by atoms with E-state index in [1.54, 1.807) is 0 Å². The van der Waals surface area contributed by atoms with Crippen molar-refractivity contribution >= 4 is 24.3 Å². The summed E-state index contributed by atoms with van der Waals surface area (Å²) in [4.78, 5) is 20.6. The summed E-state index contributed by atoms with van der Waals surface area (Å²) in [5.41, 5.74) is 0. The number of allylic oxidation sites excluding steroid dienone is 20. The number of carbonyl (C=O) groups is 2. The van der Waals surface area contributed by atoms with E-state index in [-0.39, 0.29) is 25.2 Å². The van der Waals surface area contributed by atoms with E-state index >= 15 is 0 Å². The van der Waals surface area contributed by atoms with E-state index in [2.05, 4.69) is 135 Å². The fourth-order valence-corrected chi connectivity index (χ4v) is 3.48. The highest BCUT2D eigenvalue weighted by Gasteiger charge is 1.93. The smallest absolute Gasteiger partial charge is 0.303 e. The summed E-state index contributed by atoms with van der Waals surface area (Å²) < 4.78 is 0. The van der Waals surface area contributed by atoms with Crippen molar-refractivity contribution in [2.75, 3.05) is 0 Å². The number of aliphatic carboxylic acids is 2. The van der Waals surface area contributed by atoms with Gasteiger partial charge in [0.2, 0.25) is 0 Å². The van der Waals surface area contributed by atoms with Crippen molar-refractivity contribution < 1.29 is 19.8 Å². The molecule has 5 heteroatoms. The Bertz CT molecular complexity index is 881. The van der Waals surface area contributed by atoms with Crippen molar-refractivity contribution in [3.05, 3.63) is 122 Å². The Labute approximate surface area is 281 Å². The number of halogens is 1. The topological polar surface area (TPSA) is 74.6 Å². The molecule has 0 unspecified atom stereocenters. The monoisotopic (exact) mass is 640 g/mol. The fraction of sp³-hybridized carbons (Fsp3) is 0.450. The molecule has 0 aromatic carbocycles. The van der Waals surface area contributed by atoms with Gasteiger partial charge in [-0.2, -0.15) is 0 Å². The molecular formula is C40H61ClO4. The first-order valence-corrected chi connectivity index (χ1v) is 16.5. The lowest BCUT2D eigenvalue weighted by molar-refractivity contribution is -0.138. The van der Waals surface area contributed by atoms with E-state index in [0.717, 1.165) is 89.9 Å². The molecule has 0 aliphatic carbocycles. The van der Waals surface area contributed by atoms with Crippen LogP contribution >= 0.6 is 12.4 Å². The van der Waals surface area contributed by atoms with Crippen LogP contribution in [-0.2, 0) is 9.59 Å². The third-order valence-electron chi connectivity index (χ3n) is 5.84. The lowest BCUT2D eigenvalue weighted by atomic mass is 10.2. The Morgan fingerprint density at radius 2 is 0.578 bits per heavy atom. The quantitative estimate of drug-likeness (QED) is 0.0728. The highest BCUT2D eigenvalue weighted by Crippen LogP contribution is 2.00. The number of carboxylic acids is 2. The van der Waals surface area contributed by atoms with Gasteiger partial charge < -0.3 is 10.2 Å². The first-order valence-electron chi connectivity index (χ1n) is 16.5. The number of carboxylic acid groups (broad SMARTS) is 2. The predicted molar refractivity (Wildman–Crippen MR) is 199 cm³/mol. The van der Waals surface area contributed by atoms with Crippen LogP contribution < -0.4 is 0 Å². The summed E-state index contributed by atoms with van der Waals surface area (Å²) in [6.07, 6.45) is 56.9. The first kappa shape index (κ1) is 46.1. The summed E-state index contributed by atoms with van der Waals surface area (Å²) in [6.45, 7) is 4.29. The summed E-state index contributed by atoms with van der Waals surface area (Å²) in [5, 5.41) is 17.0. The first-order chi connectivity index (χ1) is 21.5. The zero-order valence-electron chi connectivity index (χ0n) is 28.0. The van der Waals surface area contributed by atoms with Gasteiger partial charge in [-0.05, 0) is 89.9 Å². The maximum absolute atomic E-state index is 10.3. The Balaban J connectivity index is -0.000000767. The molecule has 0 aliphatic heterocycles. The zero-order chi connectivity index (χ0) is 32.6. The van der Waals surface area contributed by atoms with Crippen molar-refractivity contribution in [2.45, 2.75) is 117 Å². The molecule has 0 bridgehead atoms. The third kappa shape index (κ3) is 50.6.